The number of carbonyl (C=O) groups is 3. The van der Waals surface area contributed by atoms with Gasteiger partial charge in [0.25, 0.3) is 0 Å². The van der Waals surface area contributed by atoms with E-state index in [0.29, 0.717) is 21.3 Å². The molecule has 0 fully saturated rings. The summed E-state index contributed by atoms with van der Waals surface area (Å²) in [6.45, 7) is 0. The summed E-state index contributed by atoms with van der Waals surface area (Å²) >= 11 is 17.7. The predicted octanol–water partition coefficient (Wildman–Crippen LogP) is 4.96. The number of amides is 2. The predicted molar refractivity (Wildman–Crippen MR) is 130 cm³/mol. The summed E-state index contributed by atoms with van der Waals surface area (Å²) in [6, 6.07) is 15.4. The van der Waals surface area contributed by atoms with E-state index in [1.54, 1.807) is 30.3 Å². The van der Waals surface area contributed by atoms with Crippen LogP contribution in [0.3, 0.4) is 0 Å². The molecule has 0 heterocycles. The number of rotatable bonds is 6. The first-order valence-corrected chi connectivity index (χ1v) is 10.7. The van der Waals surface area contributed by atoms with Crippen LogP contribution in [-0.2, 0) is 9.59 Å². The molecule has 34 heavy (non-hydrogen) atoms. The molecule has 0 saturated heterocycles. The lowest BCUT2D eigenvalue weighted by atomic mass is 10.2. The molecule has 3 rings (SSSR count). The maximum absolute atomic E-state index is 12.4. The van der Waals surface area contributed by atoms with Crippen molar-refractivity contribution >= 4 is 64.5 Å². The normalized spacial score (nSPS) is 10.6. The Bertz CT molecular complexity index is 1280. The van der Waals surface area contributed by atoms with Gasteiger partial charge in [0, 0.05) is 0 Å². The van der Waals surface area contributed by atoms with Gasteiger partial charge in [-0.05, 0) is 54.1 Å². The summed E-state index contributed by atoms with van der Waals surface area (Å²) in [4.78, 5) is 36.3. The molecule has 0 unspecified atom stereocenters. The van der Waals surface area contributed by atoms with Gasteiger partial charge in [0.1, 0.15) is 0 Å². The van der Waals surface area contributed by atoms with Crippen LogP contribution in [0.4, 0.5) is 5.69 Å². The number of anilines is 1. The van der Waals surface area contributed by atoms with Gasteiger partial charge in [-0.2, -0.15) is 5.10 Å². The molecule has 2 N–H and O–H groups in total. The monoisotopic (exact) mass is 519 g/mol. The Morgan fingerprint density at radius 1 is 0.853 bits per heavy atom. The van der Waals surface area contributed by atoms with Crippen molar-refractivity contribution in [3.63, 3.8) is 0 Å². The molecule has 0 aliphatic carbocycles. The van der Waals surface area contributed by atoms with Gasteiger partial charge in [0.05, 0.1) is 39.6 Å². The molecule has 0 aliphatic rings. The minimum absolute atomic E-state index is 0.152. The molecule has 3 aromatic carbocycles. The van der Waals surface area contributed by atoms with E-state index in [4.69, 9.17) is 44.3 Å². The lowest BCUT2D eigenvalue weighted by Gasteiger charge is -2.10. The highest BCUT2D eigenvalue weighted by Gasteiger charge is 2.15. The lowest BCUT2D eigenvalue weighted by Crippen LogP contribution is -2.32. The van der Waals surface area contributed by atoms with Gasteiger partial charge in [0.15, 0.2) is 11.5 Å². The molecule has 0 saturated carbocycles. The summed E-state index contributed by atoms with van der Waals surface area (Å²) in [5.41, 5.74) is 3.11. The van der Waals surface area contributed by atoms with Crippen molar-refractivity contribution in [1.29, 1.82) is 0 Å². The maximum Gasteiger partial charge on any atom is 0.343 e. The van der Waals surface area contributed by atoms with E-state index in [1.807, 2.05) is 0 Å². The van der Waals surface area contributed by atoms with Crippen molar-refractivity contribution in [3.8, 4) is 11.5 Å². The number of para-hydroxylation sites is 1. The third-order valence-electron chi connectivity index (χ3n) is 4.25. The second-order valence-corrected chi connectivity index (χ2v) is 7.78. The van der Waals surface area contributed by atoms with Crippen LogP contribution in [0.15, 0.2) is 65.8 Å². The summed E-state index contributed by atoms with van der Waals surface area (Å²) in [6.07, 6.45) is 1.29. The zero-order chi connectivity index (χ0) is 24.7. The van der Waals surface area contributed by atoms with Crippen LogP contribution in [0, 0.1) is 0 Å². The van der Waals surface area contributed by atoms with Crippen molar-refractivity contribution in [2.24, 2.45) is 5.10 Å². The van der Waals surface area contributed by atoms with Crippen LogP contribution >= 0.6 is 34.8 Å². The molecule has 3 aromatic rings. The summed E-state index contributed by atoms with van der Waals surface area (Å²) < 4.78 is 10.6. The standard InChI is InChI=1S/C23H16Cl3N3O5/c1-33-20-10-13(6-9-19(20)34-23(32)14-7-8-15(24)17(26)11-14)12-27-29-22(31)21(30)28-18-5-3-2-4-16(18)25/h2-12H,1H3,(H,28,30)(H,29,31)/b27-12+. The van der Waals surface area contributed by atoms with E-state index in [9.17, 15) is 14.4 Å². The molecule has 0 atom stereocenters. The number of methoxy groups -OCH3 is 1. The van der Waals surface area contributed by atoms with Crippen molar-refractivity contribution in [2.45, 2.75) is 0 Å². The first-order valence-electron chi connectivity index (χ1n) is 9.52. The molecular formula is C23H16Cl3N3O5. The van der Waals surface area contributed by atoms with Gasteiger partial charge < -0.3 is 14.8 Å². The van der Waals surface area contributed by atoms with Gasteiger partial charge >= 0.3 is 17.8 Å². The van der Waals surface area contributed by atoms with Crippen LogP contribution in [0.2, 0.25) is 15.1 Å². The second-order valence-electron chi connectivity index (χ2n) is 6.56. The van der Waals surface area contributed by atoms with Crippen molar-refractivity contribution in [1.82, 2.24) is 5.43 Å². The van der Waals surface area contributed by atoms with Crippen LogP contribution in [0.1, 0.15) is 15.9 Å². The van der Waals surface area contributed by atoms with Crippen molar-refractivity contribution in [2.75, 3.05) is 12.4 Å². The Hall–Kier alpha value is -3.59. The lowest BCUT2D eigenvalue weighted by molar-refractivity contribution is -0.136. The highest BCUT2D eigenvalue weighted by molar-refractivity contribution is 6.42. The Balaban J connectivity index is 1.62. The first kappa shape index (κ1) is 25.0. The summed E-state index contributed by atoms with van der Waals surface area (Å²) in [5.74, 6) is -2.20. The fourth-order valence-corrected chi connectivity index (χ4v) is 3.07. The van der Waals surface area contributed by atoms with Gasteiger partial charge in [-0.15, -0.1) is 0 Å². The third-order valence-corrected chi connectivity index (χ3v) is 5.32. The largest absolute Gasteiger partial charge is 0.493 e. The number of benzene rings is 3. The highest BCUT2D eigenvalue weighted by Crippen LogP contribution is 2.29. The molecule has 11 heteroatoms. The Kier molecular flexibility index (Phi) is 8.48. The molecular weight excluding hydrogens is 505 g/mol. The Labute approximate surface area is 209 Å². The molecule has 174 valence electrons. The second kappa shape index (κ2) is 11.5. The average molecular weight is 521 g/mol. The number of carbonyl (C=O) groups excluding carboxylic acids is 3. The van der Waals surface area contributed by atoms with E-state index in [-0.39, 0.29) is 22.1 Å². The highest BCUT2D eigenvalue weighted by atomic mass is 35.5. The van der Waals surface area contributed by atoms with Gasteiger partial charge in [-0.25, -0.2) is 10.2 Å². The maximum atomic E-state index is 12.4. The van der Waals surface area contributed by atoms with Gasteiger partial charge in [0.2, 0.25) is 0 Å². The topological polar surface area (TPSA) is 106 Å². The first-order chi connectivity index (χ1) is 16.3. The number of ether oxygens (including phenoxy) is 2. The zero-order valence-corrected chi connectivity index (χ0v) is 19.7. The van der Waals surface area contributed by atoms with Crippen molar-refractivity contribution in [3.05, 3.63) is 86.9 Å². The number of hydrogen-bond acceptors (Lipinski definition) is 6. The Morgan fingerprint density at radius 2 is 1.62 bits per heavy atom. The number of nitrogens with zero attached hydrogens (tertiary/aromatic N) is 1. The van der Waals surface area contributed by atoms with E-state index < -0.39 is 17.8 Å². The van der Waals surface area contributed by atoms with Crippen molar-refractivity contribution < 1.29 is 23.9 Å². The number of hydrogen-bond donors (Lipinski definition) is 2. The third kappa shape index (κ3) is 6.48. The fourth-order valence-electron chi connectivity index (χ4n) is 2.59. The molecule has 2 amide bonds. The van der Waals surface area contributed by atoms with Crippen LogP contribution < -0.4 is 20.2 Å². The van der Waals surface area contributed by atoms with E-state index >= 15 is 0 Å². The Morgan fingerprint density at radius 3 is 2.32 bits per heavy atom. The van der Waals surface area contributed by atoms with Crippen LogP contribution in [-0.4, -0.2) is 31.1 Å². The van der Waals surface area contributed by atoms with Crippen LogP contribution in [0.5, 0.6) is 11.5 Å². The quantitative estimate of drug-likeness (QED) is 0.157. The molecule has 0 radical (unpaired) electrons. The summed E-state index contributed by atoms with van der Waals surface area (Å²) in [7, 11) is 1.40. The number of hydrazone groups is 1. The van der Waals surface area contributed by atoms with E-state index in [1.165, 1.54) is 43.7 Å². The zero-order valence-electron chi connectivity index (χ0n) is 17.5. The van der Waals surface area contributed by atoms with E-state index in [2.05, 4.69) is 15.8 Å². The minimum Gasteiger partial charge on any atom is -0.493 e. The average Bonchev–Trinajstić information content (AvgIpc) is 2.82. The number of esters is 1. The molecule has 8 nitrogen and oxygen atoms in total. The van der Waals surface area contributed by atoms with Gasteiger partial charge in [-0.3, -0.25) is 9.59 Å². The fraction of sp³-hybridized carbons (Fsp3) is 0.0435. The number of halogens is 3. The van der Waals surface area contributed by atoms with E-state index in [0.717, 1.165) is 0 Å². The molecule has 0 aromatic heterocycles. The molecule has 0 bridgehead atoms. The SMILES string of the molecule is COc1cc(/C=N/NC(=O)C(=O)Nc2ccccc2Cl)ccc1OC(=O)c1ccc(Cl)c(Cl)c1. The summed E-state index contributed by atoms with van der Waals surface area (Å²) in [5, 5.41) is 6.95. The molecule has 0 spiro atoms. The minimum atomic E-state index is -0.990. The van der Waals surface area contributed by atoms with Crippen LogP contribution in [0.25, 0.3) is 0 Å². The number of nitrogens with one attached hydrogen (secondary N) is 2. The molecule has 0 aliphatic heterocycles. The van der Waals surface area contributed by atoms with Gasteiger partial charge in [-0.1, -0.05) is 46.9 Å². The smallest absolute Gasteiger partial charge is 0.343 e.